The number of rotatable bonds is 5. The molecule has 0 aromatic heterocycles. The average Bonchev–Trinajstić information content (AvgIpc) is 2.53. The first kappa shape index (κ1) is 11.8. The van der Waals surface area contributed by atoms with Gasteiger partial charge < -0.3 is 10.4 Å². The summed E-state index contributed by atoms with van der Waals surface area (Å²) in [4.78, 5) is 21.9. The van der Waals surface area contributed by atoms with Crippen molar-refractivity contribution in [2.24, 2.45) is 5.92 Å². The van der Waals surface area contributed by atoms with Crippen molar-refractivity contribution in [2.75, 3.05) is 0 Å². The van der Waals surface area contributed by atoms with Crippen molar-refractivity contribution in [2.45, 2.75) is 38.6 Å². The zero-order valence-corrected chi connectivity index (χ0v) is 8.90. The molecule has 0 spiro atoms. The molecule has 0 radical (unpaired) electrons. The Morgan fingerprint density at radius 2 is 2.00 bits per heavy atom. The zero-order valence-electron chi connectivity index (χ0n) is 8.90. The lowest BCUT2D eigenvalue weighted by atomic mass is 10.0. The summed E-state index contributed by atoms with van der Waals surface area (Å²) in [5, 5.41) is 11.4. The Kier molecular flexibility index (Phi) is 4.34. The van der Waals surface area contributed by atoms with Crippen LogP contribution in [0.1, 0.15) is 32.6 Å². The number of carbonyl (C=O) groups is 2. The summed E-state index contributed by atoms with van der Waals surface area (Å²) in [5.41, 5.74) is 0. The lowest BCUT2D eigenvalue weighted by molar-refractivity contribution is -0.138. The number of amides is 1. The fourth-order valence-corrected chi connectivity index (χ4v) is 1.71. The van der Waals surface area contributed by atoms with Gasteiger partial charge in [-0.15, -0.1) is 0 Å². The van der Waals surface area contributed by atoms with Crippen LogP contribution >= 0.6 is 0 Å². The van der Waals surface area contributed by atoms with Gasteiger partial charge in [0.1, 0.15) is 0 Å². The predicted octanol–water partition coefficient (Wildman–Crippen LogP) is 1.32. The Bertz CT molecular complexity index is 265. The molecule has 0 heterocycles. The lowest BCUT2D eigenvalue weighted by Gasteiger charge is -2.14. The summed E-state index contributed by atoms with van der Waals surface area (Å²) < 4.78 is 0. The van der Waals surface area contributed by atoms with Crippen LogP contribution in [0.4, 0.5) is 0 Å². The van der Waals surface area contributed by atoms with E-state index in [9.17, 15) is 9.59 Å². The van der Waals surface area contributed by atoms with Crippen LogP contribution in [0.25, 0.3) is 0 Å². The lowest BCUT2D eigenvalue weighted by Crippen LogP contribution is -2.33. The minimum atomic E-state index is -0.849. The molecule has 1 amide bonds. The summed E-state index contributed by atoms with van der Waals surface area (Å²) in [7, 11) is 0. The number of nitrogens with one attached hydrogen (secondary N) is 1. The molecule has 0 bridgehead atoms. The Morgan fingerprint density at radius 3 is 2.53 bits per heavy atom. The molecule has 84 valence electrons. The molecule has 1 unspecified atom stereocenters. The van der Waals surface area contributed by atoms with Gasteiger partial charge in [0.05, 0.1) is 0 Å². The maximum Gasteiger partial charge on any atom is 0.303 e. The van der Waals surface area contributed by atoms with Crippen LogP contribution in [0.3, 0.4) is 0 Å². The Morgan fingerprint density at radius 1 is 1.40 bits per heavy atom. The summed E-state index contributed by atoms with van der Waals surface area (Å²) >= 11 is 0. The first-order valence-electron chi connectivity index (χ1n) is 5.24. The second kappa shape index (κ2) is 5.53. The molecule has 0 saturated heterocycles. The second-order valence-electron chi connectivity index (χ2n) is 4.11. The minimum absolute atomic E-state index is 0.0440. The van der Waals surface area contributed by atoms with Crippen molar-refractivity contribution in [3.05, 3.63) is 12.2 Å². The van der Waals surface area contributed by atoms with Crippen molar-refractivity contribution in [3.8, 4) is 0 Å². The highest BCUT2D eigenvalue weighted by atomic mass is 16.4. The standard InChI is InChI=1S/C11H17NO3/c1-8(7-11(14)15)6-10(13)12-9-4-2-3-5-9/h2-3,8-9H,4-7H2,1H3,(H,12,13)(H,14,15). The van der Waals surface area contributed by atoms with E-state index in [1.165, 1.54) is 0 Å². The van der Waals surface area contributed by atoms with Crippen molar-refractivity contribution >= 4 is 11.9 Å². The van der Waals surface area contributed by atoms with Gasteiger partial charge in [-0.25, -0.2) is 0 Å². The van der Waals surface area contributed by atoms with Gasteiger partial charge in [-0.05, 0) is 18.8 Å². The molecular formula is C11H17NO3. The quantitative estimate of drug-likeness (QED) is 0.674. The van der Waals surface area contributed by atoms with Crippen molar-refractivity contribution in [1.29, 1.82) is 0 Å². The van der Waals surface area contributed by atoms with E-state index >= 15 is 0 Å². The van der Waals surface area contributed by atoms with E-state index in [-0.39, 0.29) is 24.3 Å². The van der Waals surface area contributed by atoms with E-state index in [2.05, 4.69) is 5.32 Å². The molecule has 0 fully saturated rings. The van der Waals surface area contributed by atoms with Crippen LogP contribution in [0.15, 0.2) is 12.2 Å². The number of carboxylic acids is 1. The zero-order chi connectivity index (χ0) is 11.3. The summed E-state index contributed by atoms with van der Waals surface area (Å²) in [6.07, 6.45) is 6.22. The Hall–Kier alpha value is -1.32. The van der Waals surface area contributed by atoms with Gasteiger partial charge in [-0.2, -0.15) is 0 Å². The summed E-state index contributed by atoms with van der Waals surface area (Å²) in [6.45, 7) is 1.78. The molecule has 15 heavy (non-hydrogen) atoms. The molecule has 0 saturated carbocycles. The van der Waals surface area contributed by atoms with Crippen LogP contribution in [0.5, 0.6) is 0 Å². The average molecular weight is 211 g/mol. The van der Waals surface area contributed by atoms with E-state index in [4.69, 9.17) is 5.11 Å². The van der Waals surface area contributed by atoms with Gasteiger partial charge in [0.2, 0.25) is 5.91 Å². The number of hydrogen-bond acceptors (Lipinski definition) is 2. The topological polar surface area (TPSA) is 66.4 Å². The van der Waals surface area contributed by atoms with Crippen LogP contribution in [-0.4, -0.2) is 23.0 Å². The first-order chi connectivity index (χ1) is 7.08. The van der Waals surface area contributed by atoms with Gasteiger partial charge >= 0.3 is 5.97 Å². The first-order valence-corrected chi connectivity index (χ1v) is 5.24. The molecule has 1 aliphatic rings. The molecule has 1 rings (SSSR count). The number of hydrogen-bond donors (Lipinski definition) is 2. The minimum Gasteiger partial charge on any atom is -0.481 e. The fraction of sp³-hybridized carbons (Fsp3) is 0.636. The number of carbonyl (C=O) groups excluding carboxylic acids is 1. The van der Waals surface area contributed by atoms with Gasteiger partial charge in [-0.1, -0.05) is 19.1 Å². The summed E-state index contributed by atoms with van der Waals surface area (Å²) in [5.74, 6) is -0.993. The van der Waals surface area contributed by atoms with Gasteiger partial charge in [-0.3, -0.25) is 9.59 Å². The molecule has 2 N–H and O–H groups in total. The molecule has 1 aliphatic carbocycles. The van der Waals surface area contributed by atoms with Crippen molar-refractivity contribution in [3.63, 3.8) is 0 Å². The SMILES string of the molecule is CC(CC(=O)O)CC(=O)NC1CC=CC1. The molecule has 4 heteroatoms. The number of carboxylic acid groups (broad SMARTS) is 1. The van der Waals surface area contributed by atoms with Gasteiger partial charge in [0.15, 0.2) is 0 Å². The van der Waals surface area contributed by atoms with Crippen LogP contribution in [0, 0.1) is 5.92 Å². The van der Waals surface area contributed by atoms with E-state index in [0.717, 1.165) is 12.8 Å². The normalized spacial score (nSPS) is 17.7. The highest BCUT2D eigenvalue weighted by Gasteiger charge is 2.16. The highest BCUT2D eigenvalue weighted by Crippen LogP contribution is 2.11. The monoisotopic (exact) mass is 211 g/mol. The molecule has 0 aliphatic heterocycles. The third-order valence-corrected chi connectivity index (χ3v) is 2.43. The molecule has 0 aromatic rings. The van der Waals surface area contributed by atoms with E-state index < -0.39 is 5.97 Å². The second-order valence-corrected chi connectivity index (χ2v) is 4.11. The molecule has 1 atom stereocenters. The molecule has 4 nitrogen and oxygen atoms in total. The third-order valence-electron chi connectivity index (χ3n) is 2.43. The van der Waals surface area contributed by atoms with E-state index in [0.29, 0.717) is 6.42 Å². The van der Waals surface area contributed by atoms with Crippen molar-refractivity contribution < 1.29 is 14.7 Å². The Labute approximate surface area is 89.4 Å². The largest absolute Gasteiger partial charge is 0.481 e. The van der Waals surface area contributed by atoms with E-state index in [1.807, 2.05) is 12.2 Å². The smallest absolute Gasteiger partial charge is 0.303 e. The van der Waals surface area contributed by atoms with Gasteiger partial charge in [0.25, 0.3) is 0 Å². The molecular weight excluding hydrogens is 194 g/mol. The highest BCUT2D eigenvalue weighted by molar-refractivity contribution is 5.77. The van der Waals surface area contributed by atoms with Crippen molar-refractivity contribution in [1.82, 2.24) is 5.32 Å². The van der Waals surface area contributed by atoms with Gasteiger partial charge in [0, 0.05) is 18.9 Å². The number of aliphatic carboxylic acids is 1. The summed E-state index contributed by atoms with van der Waals surface area (Å²) in [6, 6.07) is 0.217. The Balaban J connectivity index is 2.20. The predicted molar refractivity (Wildman–Crippen MR) is 56.3 cm³/mol. The third kappa shape index (κ3) is 4.63. The maximum absolute atomic E-state index is 11.5. The van der Waals surface area contributed by atoms with Crippen LogP contribution in [-0.2, 0) is 9.59 Å². The fourth-order valence-electron chi connectivity index (χ4n) is 1.71. The maximum atomic E-state index is 11.5. The van der Waals surface area contributed by atoms with E-state index in [1.54, 1.807) is 6.92 Å². The molecule has 0 aromatic carbocycles. The van der Waals surface area contributed by atoms with Crippen LogP contribution < -0.4 is 5.32 Å². The van der Waals surface area contributed by atoms with Crippen LogP contribution in [0.2, 0.25) is 0 Å².